The summed E-state index contributed by atoms with van der Waals surface area (Å²) in [6, 6.07) is 2.12. The number of carbonyl (C=O) groups is 1. The molecule has 1 aliphatic carbocycles. The van der Waals surface area contributed by atoms with E-state index in [9.17, 15) is 4.79 Å². The minimum absolute atomic E-state index is 0.00410. The lowest BCUT2D eigenvalue weighted by Crippen LogP contribution is -2.61. The van der Waals surface area contributed by atoms with Gasteiger partial charge in [0.15, 0.2) is 0 Å². The van der Waals surface area contributed by atoms with Crippen LogP contribution in [0.5, 0.6) is 5.88 Å². The maximum Gasteiger partial charge on any atom is 0.246 e. The Kier molecular flexibility index (Phi) is 3.59. The quantitative estimate of drug-likeness (QED) is 0.650. The van der Waals surface area contributed by atoms with E-state index in [1.54, 1.807) is 21.6 Å². The van der Waals surface area contributed by atoms with Crippen LogP contribution >= 0.6 is 0 Å². The molecule has 0 radical (unpaired) electrons. The molecule has 2 unspecified atom stereocenters. The van der Waals surface area contributed by atoms with Crippen LogP contribution in [0.25, 0.3) is 16.8 Å². The molecular weight excluding hydrogens is 356 g/mol. The molecule has 144 valence electrons. The van der Waals surface area contributed by atoms with Crippen LogP contribution in [0.2, 0.25) is 0 Å². The van der Waals surface area contributed by atoms with E-state index in [1.807, 2.05) is 30.4 Å². The van der Waals surface area contributed by atoms with Gasteiger partial charge in [0.05, 0.1) is 24.3 Å². The Hall–Kier alpha value is -3.16. The number of amides is 1. The highest BCUT2D eigenvalue weighted by molar-refractivity contribution is 5.87. The maximum atomic E-state index is 12.1. The van der Waals surface area contributed by atoms with Gasteiger partial charge in [-0.1, -0.05) is 6.58 Å². The number of hydrogen-bond donors (Lipinski definition) is 0. The Labute approximate surface area is 162 Å². The van der Waals surface area contributed by atoms with Crippen LogP contribution < -0.4 is 4.74 Å². The third kappa shape index (κ3) is 2.44. The van der Waals surface area contributed by atoms with Crippen LogP contribution in [0, 0.1) is 5.92 Å². The zero-order valence-electron chi connectivity index (χ0n) is 15.9. The van der Waals surface area contributed by atoms with Crippen molar-refractivity contribution in [2.75, 3.05) is 6.54 Å². The second-order valence-corrected chi connectivity index (χ2v) is 7.81. The van der Waals surface area contributed by atoms with E-state index in [4.69, 9.17) is 9.72 Å². The summed E-state index contributed by atoms with van der Waals surface area (Å²) < 4.78 is 10.0. The van der Waals surface area contributed by atoms with Crippen LogP contribution in [0.4, 0.5) is 0 Å². The van der Waals surface area contributed by atoms with E-state index in [0.717, 1.165) is 36.2 Å². The molecule has 0 spiro atoms. The average Bonchev–Trinajstić information content (AvgIpc) is 3.39. The first-order valence-electron chi connectivity index (χ1n) is 9.44. The number of hydrogen-bond acceptors (Lipinski definition) is 5. The monoisotopic (exact) mass is 378 g/mol. The van der Waals surface area contributed by atoms with Crippen molar-refractivity contribution in [1.82, 2.24) is 29.3 Å². The highest BCUT2D eigenvalue weighted by Gasteiger charge is 2.59. The first kappa shape index (κ1) is 17.0. The molecular formula is C20H22N6O2. The van der Waals surface area contributed by atoms with Crippen molar-refractivity contribution in [3.8, 4) is 17.1 Å². The van der Waals surface area contributed by atoms with Crippen molar-refractivity contribution in [1.29, 1.82) is 0 Å². The summed E-state index contributed by atoms with van der Waals surface area (Å²) in [6.45, 7) is 6.48. The molecule has 28 heavy (non-hydrogen) atoms. The van der Waals surface area contributed by atoms with Crippen LogP contribution in [0.3, 0.4) is 0 Å². The number of fused-ring (bicyclic) bond motifs is 2. The Morgan fingerprint density at radius 1 is 1.39 bits per heavy atom. The van der Waals surface area contributed by atoms with Gasteiger partial charge in [0.1, 0.15) is 11.1 Å². The summed E-state index contributed by atoms with van der Waals surface area (Å²) in [6.07, 6.45) is 10.4. The maximum absolute atomic E-state index is 12.1. The standard InChI is InChI=1S/C20H22N6O2/c1-4-18(27)25-8-6-14-17(25)9-20(14,2)28-19-16-5-7-21-26(16)12-15(23-19)13-10-22-24(3)11-13/h4-5,7,10-12,14,17H,1,6,8-9H2,2-3H3/t14?,17?,20-/m0/s1. The number of aryl methyl sites for hydroxylation is 1. The normalized spacial score (nSPS) is 26.1. The molecule has 8 heteroatoms. The summed E-state index contributed by atoms with van der Waals surface area (Å²) in [7, 11) is 1.87. The van der Waals surface area contributed by atoms with Gasteiger partial charge < -0.3 is 9.64 Å². The van der Waals surface area contributed by atoms with Crippen molar-refractivity contribution in [3.63, 3.8) is 0 Å². The van der Waals surface area contributed by atoms with Crippen LogP contribution in [-0.4, -0.2) is 53.4 Å². The minimum atomic E-state index is -0.355. The molecule has 0 bridgehead atoms. The van der Waals surface area contributed by atoms with E-state index in [0.29, 0.717) is 11.8 Å². The van der Waals surface area contributed by atoms with Gasteiger partial charge in [-0.05, 0) is 25.5 Å². The molecule has 3 aromatic rings. The van der Waals surface area contributed by atoms with E-state index in [-0.39, 0.29) is 17.6 Å². The summed E-state index contributed by atoms with van der Waals surface area (Å²) in [5.41, 5.74) is 2.14. The molecule has 1 amide bonds. The molecule has 0 N–H and O–H groups in total. The van der Waals surface area contributed by atoms with E-state index < -0.39 is 0 Å². The largest absolute Gasteiger partial charge is 0.469 e. The molecule has 8 nitrogen and oxygen atoms in total. The van der Waals surface area contributed by atoms with E-state index in [2.05, 4.69) is 23.7 Å². The van der Waals surface area contributed by atoms with Gasteiger partial charge in [0, 0.05) is 43.7 Å². The highest BCUT2D eigenvalue weighted by atomic mass is 16.5. The van der Waals surface area contributed by atoms with Gasteiger partial charge in [-0.2, -0.15) is 10.2 Å². The van der Waals surface area contributed by atoms with Crippen molar-refractivity contribution in [2.24, 2.45) is 13.0 Å². The Morgan fingerprint density at radius 3 is 3.00 bits per heavy atom. The van der Waals surface area contributed by atoms with Gasteiger partial charge in [-0.3, -0.25) is 9.48 Å². The van der Waals surface area contributed by atoms with Crippen LogP contribution in [0.1, 0.15) is 19.8 Å². The second kappa shape index (κ2) is 5.92. The number of ether oxygens (including phenoxy) is 1. The van der Waals surface area contributed by atoms with Crippen molar-refractivity contribution in [2.45, 2.75) is 31.4 Å². The third-order valence-electron chi connectivity index (χ3n) is 6.09. The molecule has 0 aromatic carbocycles. The third-order valence-corrected chi connectivity index (χ3v) is 6.09. The van der Waals surface area contributed by atoms with Crippen molar-refractivity contribution >= 4 is 11.4 Å². The lowest BCUT2D eigenvalue weighted by molar-refractivity contribution is -0.136. The minimum Gasteiger partial charge on any atom is -0.469 e. The topological polar surface area (TPSA) is 77.6 Å². The molecule has 2 aliphatic rings. The van der Waals surface area contributed by atoms with Gasteiger partial charge in [-0.15, -0.1) is 0 Å². The van der Waals surface area contributed by atoms with E-state index >= 15 is 0 Å². The Morgan fingerprint density at radius 2 is 2.25 bits per heavy atom. The Balaban J connectivity index is 1.46. The van der Waals surface area contributed by atoms with Gasteiger partial charge in [-0.25, -0.2) is 9.50 Å². The summed E-state index contributed by atoms with van der Waals surface area (Å²) in [5.74, 6) is 0.862. The highest BCUT2D eigenvalue weighted by Crippen LogP contribution is 2.50. The number of carbonyl (C=O) groups excluding carboxylic acids is 1. The molecule has 3 aromatic heterocycles. The number of aromatic nitrogens is 5. The first-order chi connectivity index (χ1) is 13.5. The molecule has 1 saturated carbocycles. The molecule has 2 fully saturated rings. The molecule has 3 atom stereocenters. The van der Waals surface area contributed by atoms with E-state index in [1.165, 1.54) is 6.08 Å². The zero-order chi connectivity index (χ0) is 19.5. The second-order valence-electron chi connectivity index (χ2n) is 7.81. The lowest BCUT2D eigenvalue weighted by Gasteiger charge is -2.51. The average molecular weight is 378 g/mol. The van der Waals surface area contributed by atoms with Crippen molar-refractivity contribution < 1.29 is 9.53 Å². The Bertz CT molecular complexity index is 1090. The fourth-order valence-corrected chi connectivity index (χ4v) is 4.62. The molecule has 4 heterocycles. The predicted octanol–water partition coefficient (Wildman–Crippen LogP) is 2.07. The number of nitrogens with zero attached hydrogens (tertiary/aromatic N) is 6. The predicted molar refractivity (Wildman–Crippen MR) is 103 cm³/mol. The van der Waals surface area contributed by atoms with Crippen molar-refractivity contribution in [3.05, 3.63) is 43.5 Å². The fraction of sp³-hybridized carbons (Fsp3) is 0.400. The molecule has 1 aliphatic heterocycles. The number of rotatable bonds is 4. The van der Waals surface area contributed by atoms with Crippen LogP contribution in [-0.2, 0) is 11.8 Å². The fourth-order valence-electron chi connectivity index (χ4n) is 4.62. The zero-order valence-corrected chi connectivity index (χ0v) is 15.9. The van der Waals surface area contributed by atoms with Gasteiger partial charge >= 0.3 is 0 Å². The summed E-state index contributed by atoms with van der Waals surface area (Å²) >= 11 is 0. The van der Waals surface area contributed by atoms with Gasteiger partial charge in [0.2, 0.25) is 11.8 Å². The lowest BCUT2D eigenvalue weighted by atomic mass is 9.66. The van der Waals surface area contributed by atoms with Crippen LogP contribution in [0.15, 0.2) is 43.5 Å². The summed E-state index contributed by atoms with van der Waals surface area (Å²) in [5, 5.41) is 8.59. The molecule has 1 saturated heterocycles. The number of likely N-dealkylation sites (tertiary alicyclic amines) is 1. The molecule has 5 rings (SSSR count). The summed E-state index contributed by atoms with van der Waals surface area (Å²) in [4.78, 5) is 18.7. The van der Waals surface area contributed by atoms with Gasteiger partial charge in [0.25, 0.3) is 0 Å². The smallest absolute Gasteiger partial charge is 0.246 e. The first-order valence-corrected chi connectivity index (χ1v) is 9.44. The SMILES string of the molecule is C=CC(=O)N1CCC2C1C[C@]2(C)Oc1nc(-c2cnn(C)c2)cn2nccc12.